The molecule has 0 aliphatic heterocycles. The number of anilines is 1. The van der Waals surface area contributed by atoms with Crippen LogP contribution in [-0.4, -0.2) is 47.0 Å². The molecular weight excluding hydrogens is 469 g/mol. The number of halogens is 1. The molecule has 7 heteroatoms. The molecule has 0 aliphatic rings. The van der Waals surface area contributed by atoms with Crippen LogP contribution >= 0.6 is 24.0 Å². The van der Waals surface area contributed by atoms with Gasteiger partial charge < -0.3 is 24.8 Å². The summed E-state index contributed by atoms with van der Waals surface area (Å²) in [6.45, 7) is 2.11. The van der Waals surface area contributed by atoms with Crippen LogP contribution in [0.5, 0.6) is 11.5 Å². The minimum absolute atomic E-state index is 0. The van der Waals surface area contributed by atoms with Gasteiger partial charge in [-0.25, -0.2) is 0 Å². The second kappa shape index (κ2) is 14.1. The fraction of sp³-hybridized carbons (Fsp3) is 0.381. The predicted octanol–water partition coefficient (Wildman–Crippen LogP) is 3.96. The van der Waals surface area contributed by atoms with E-state index in [1.807, 2.05) is 36.4 Å². The highest BCUT2D eigenvalue weighted by Gasteiger charge is 2.02. The number of benzene rings is 2. The van der Waals surface area contributed by atoms with E-state index in [9.17, 15) is 0 Å². The summed E-state index contributed by atoms with van der Waals surface area (Å²) in [6.07, 6.45) is 1.76. The van der Waals surface area contributed by atoms with Gasteiger partial charge in [0.25, 0.3) is 0 Å². The molecule has 0 unspecified atom stereocenters. The van der Waals surface area contributed by atoms with E-state index in [0.29, 0.717) is 13.2 Å². The third kappa shape index (κ3) is 8.79. The van der Waals surface area contributed by atoms with E-state index in [-0.39, 0.29) is 24.0 Å². The predicted molar refractivity (Wildman–Crippen MR) is 126 cm³/mol. The van der Waals surface area contributed by atoms with Crippen LogP contribution < -0.4 is 20.1 Å². The van der Waals surface area contributed by atoms with Crippen molar-refractivity contribution in [2.45, 2.75) is 12.8 Å². The van der Waals surface area contributed by atoms with Crippen LogP contribution in [0.3, 0.4) is 0 Å². The second-order valence-corrected chi connectivity index (χ2v) is 5.94. The Bertz CT molecular complexity index is 708. The van der Waals surface area contributed by atoms with Crippen molar-refractivity contribution in [1.82, 2.24) is 5.32 Å². The number of ether oxygens (including phenoxy) is 3. The first kappa shape index (κ1) is 24.0. The molecule has 0 bridgehead atoms. The number of hydrogen-bond donors (Lipinski definition) is 2. The maximum atomic E-state index is 5.73. The van der Waals surface area contributed by atoms with Crippen molar-refractivity contribution in [3.63, 3.8) is 0 Å². The number of hydrogen-bond acceptors (Lipinski definition) is 4. The lowest BCUT2D eigenvalue weighted by molar-refractivity contribution is 0.172. The van der Waals surface area contributed by atoms with Gasteiger partial charge in [-0.1, -0.05) is 18.2 Å². The number of aliphatic imine (C=N–C) groups is 1. The molecule has 0 heterocycles. The normalized spacial score (nSPS) is 10.8. The molecule has 0 radical (unpaired) electrons. The molecule has 0 amide bonds. The molecule has 0 fully saturated rings. The molecule has 0 aliphatic carbocycles. The Labute approximate surface area is 184 Å². The molecule has 0 atom stereocenters. The Hall–Kier alpha value is -2.00. The van der Waals surface area contributed by atoms with Crippen molar-refractivity contribution in [3.8, 4) is 11.5 Å². The average molecular weight is 499 g/mol. The Morgan fingerprint density at radius 3 is 2.46 bits per heavy atom. The van der Waals surface area contributed by atoms with Gasteiger partial charge in [-0.15, -0.1) is 24.0 Å². The SMILES string of the molecule is CN=C(NCCc1ccc(OC)cc1)Nc1cccc(OCCCOC)c1.I. The molecule has 154 valence electrons. The van der Waals surface area contributed by atoms with Gasteiger partial charge in [0.15, 0.2) is 5.96 Å². The number of nitrogens with zero attached hydrogens (tertiary/aromatic N) is 1. The summed E-state index contributed by atoms with van der Waals surface area (Å²) in [5, 5.41) is 6.61. The van der Waals surface area contributed by atoms with Crippen molar-refractivity contribution < 1.29 is 14.2 Å². The lowest BCUT2D eigenvalue weighted by atomic mass is 10.1. The molecular formula is C21H30IN3O3. The average Bonchev–Trinajstić information content (AvgIpc) is 2.71. The minimum Gasteiger partial charge on any atom is -0.497 e. The third-order valence-electron chi connectivity index (χ3n) is 3.95. The standard InChI is InChI=1S/C21H29N3O3.HI/c1-22-21(23-13-12-17-8-10-19(26-3)11-9-17)24-18-6-4-7-20(16-18)27-15-5-14-25-2;/h4,6-11,16H,5,12-15H2,1-3H3,(H2,22,23,24);1H. The van der Waals surface area contributed by atoms with Gasteiger partial charge in [-0.3, -0.25) is 4.99 Å². The van der Waals surface area contributed by atoms with Crippen molar-refractivity contribution in [3.05, 3.63) is 54.1 Å². The van der Waals surface area contributed by atoms with Crippen molar-refractivity contribution in [2.75, 3.05) is 46.3 Å². The van der Waals surface area contributed by atoms with E-state index < -0.39 is 0 Å². The van der Waals surface area contributed by atoms with Crippen molar-refractivity contribution >= 4 is 35.6 Å². The van der Waals surface area contributed by atoms with Crippen LogP contribution in [0.25, 0.3) is 0 Å². The number of guanidine groups is 1. The Morgan fingerprint density at radius 2 is 1.79 bits per heavy atom. The lowest BCUT2D eigenvalue weighted by Gasteiger charge is -2.13. The summed E-state index contributed by atoms with van der Waals surface area (Å²) in [7, 11) is 5.12. The van der Waals surface area contributed by atoms with Crippen LogP contribution in [0.4, 0.5) is 5.69 Å². The van der Waals surface area contributed by atoms with Gasteiger partial charge in [0.05, 0.1) is 13.7 Å². The van der Waals surface area contributed by atoms with E-state index in [0.717, 1.165) is 42.5 Å². The smallest absolute Gasteiger partial charge is 0.195 e. The molecule has 28 heavy (non-hydrogen) atoms. The van der Waals surface area contributed by atoms with E-state index in [1.165, 1.54) is 5.56 Å². The third-order valence-corrected chi connectivity index (χ3v) is 3.95. The van der Waals surface area contributed by atoms with Crippen molar-refractivity contribution in [2.24, 2.45) is 4.99 Å². The van der Waals surface area contributed by atoms with E-state index in [2.05, 4.69) is 27.8 Å². The minimum atomic E-state index is 0. The molecule has 0 spiro atoms. The van der Waals surface area contributed by atoms with Gasteiger partial charge in [-0.2, -0.15) is 0 Å². The molecule has 2 aromatic carbocycles. The van der Waals surface area contributed by atoms with E-state index in [1.54, 1.807) is 21.3 Å². The van der Waals surface area contributed by atoms with Crippen LogP contribution in [0.2, 0.25) is 0 Å². The van der Waals surface area contributed by atoms with Crippen LogP contribution in [0.1, 0.15) is 12.0 Å². The fourth-order valence-electron chi connectivity index (χ4n) is 2.49. The zero-order valence-corrected chi connectivity index (χ0v) is 19.1. The first-order valence-corrected chi connectivity index (χ1v) is 9.07. The quantitative estimate of drug-likeness (QED) is 0.224. The van der Waals surface area contributed by atoms with Gasteiger partial charge in [0, 0.05) is 45.5 Å². The number of rotatable bonds is 10. The maximum Gasteiger partial charge on any atom is 0.195 e. The zero-order valence-electron chi connectivity index (χ0n) is 16.7. The van der Waals surface area contributed by atoms with E-state index >= 15 is 0 Å². The van der Waals surface area contributed by atoms with Crippen LogP contribution in [-0.2, 0) is 11.2 Å². The number of methoxy groups -OCH3 is 2. The molecule has 2 aromatic rings. The molecule has 6 nitrogen and oxygen atoms in total. The summed E-state index contributed by atoms with van der Waals surface area (Å²) >= 11 is 0. The Morgan fingerprint density at radius 1 is 1.00 bits per heavy atom. The summed E-state index contributed by atoms with van der Waals surface area (Å²) in [6, 6.07) is 15.9. The highest BCUT2D eigenvalue weighted by atomic mass is 127. The van der Waals surface area contributed by atoms with Crippen LogP contribution in [0, 0.1) is 0 Å². The fourth-order valence-corrected chi connectivity index (χ4v) is 2.49. The van der Waals surface area contributed by atoms with E-state index in [4.69, 9.17) is 14.2 Å². The first-order valence-electron chi connectivity index (χ1n) is 9.07. The van der Waals surface area contributed by atoms with Gasteiger partial charge >= 0.3 is 0 Å². The summed E-state index contributed by atoms with van der Waals surface area (Å²) < 4.78 is 15.9. The molecule has 0 saturated heterocycles. The highest BCUT2D eigenvalue weighted by Crippen LogP contribution is 2.17. The zero-order chi connectivity index (χ0) is 19.3. The number of nitrogens with one attached hydrogen (secondary N) is 2. The second-order valence-electron chi connectivity index (χ2n) is 5.94. The maximum absolute atomic E-state index is 5.73. The summed E-state index contributed by atoms with van der Waals surface area (Å²) in [4.78, 5) is 4.28. The van der Waals surface area contributed by atoms with Crippen LogP contribution in [0.15, 0.2) is 53.5 Å². The first-order chi connectivity index (χ1) is 13.2. The van der Waals surface area contributed by atoms with Gasteiger partial charge in [-0.05, 0) is 36.2 Å². The highest BCUT2D eigenvalue weighted by molar-refractivity contribution is 14.0. The van der Waals surface area contributed by atoms with Crippen molar-refractivity contribution in [1.29, 1.82) is 0 Å². The largest absolute Gasteiger partial charge is 0.497 e. The summed E-state index contributed by atoms with van der Waals surface area (Å²) in [5.41, 5.74) is 2.17. The monoisotopic (exact) mass is 499 g/mol. The molecule has 0 saturated carbocycles. The molecule has 2 rings (SSSR count). The summed E-state index contributed by atoms with van der Waals surface area (Å²) in [5.74, 6) is 2.42. The van der Waals surface area contributed by atoms with Gasteiger partial charge in [0.1, 0.15) is 11.5 Å². The Kier molecular flexibility index (Phi) is 12.1. The molecule has 2 N–H and O–H groups in total. The Balaban J connectivity index is 0.00000392. The lowest BCUT2D eigenvalue weighted by Crippen LogP contribution is -2.32. The molecule has 0 aromatic heterocycles. The van der Waals surface area contributed by atoms with Gasteiger partial charge in [0.2, 0.25) is 0 Å². The topological polar surface area (TPSA) is 64.1 Å².